The van der Waals surface area contributed by atoms with Gasteiger partial charge in [0.25, 0.3) is 0 Å². The highest BCUT2D eigenvalue weighted by Crippen LogP contribution is 2.38. The van der Waals surface area contributed by atoms with Gasteiger partial charge in [0.05, 0.1) is 0 Å². The fourth-order valence-electron chi connectivity index (χ4n) is 3.83. The summed E-state index contributed by atoms with van der Waals surface area (Å²) in [6.45, 7) is 0.456. The molecule has 2 unspecified atom stereocenters. The van der Waals surface area contributed by atoms with Crippen LogP contribution in [0.5, 0.6) is 5.75 Å². The van der Waals surface area contributed by atoms with Crippen LogP contribution in [0.2, 0.25) is 0 Å². The second-order valence-electron chi connectivity index (χ2n) is 6.78. The smallest absolute Gasteiger partial charge is 0.134 e. The van der Waals surface area contributed by atoms with E-state index in [-0.39, 0.29) is 5.82 Å². The topological polar surface area (TPSA) is 12.5 Å². The molecule has 2 bridgehead atoms. The van der Waals surface area contributed by atoms with Crippen LogP contribution in [0.3, 0.4) is 0 Å². The zero-order chi connectivity index (χ0) is 16.5. The van der Waals surface area contributed by atoms with Gasteiger partial charge in [0.2, 0.25) is 0 Å². The van der Waals surface area contributed by atoms with E-state index in [2.05, 4.69) is 18.0 Å². The Bertz CT molecular complexity index is 756. The molecule has 2 nitrogen and oxygen atoms in total. The number of fused-ring (bicyclic) bond motifs is 2. The summed E-state index contributed by atoms with van der Waals surface area (Å²) in [5.41, 5.74) is 2.95. The van der Waals surface area contributed by atoms with Gasteiger partial charge in [-0.3, -0.25) is 4.90 Å². The molecular weight excluding hydrogens is 301 g/mol. The molecule has 0 N–H and O–H groups in total. The van der Waals surface area contributed by atoms with Gasteiger partial charge < -0.3 is 4.74 Å². The largest absolute Gasteiger partial charge is 0.489 e. The van der Waals surface area contributed by atoms with Crippen LogP contribution in [0.1, 0.15) is 30.4 Å². The Morgan fingerprint density at radius 3 is 2.71 bits per heavy atom. The highest BCUT2D eigenvalue weighted by molar-refractivity contribution is 5.69. The van der Waals surface area contributed by atoms with Crippen LogP contribution in [0.4, 0.5) is 4.39 Å². The fraction of sp³-hybridized carbons (Fsp3) is 0.333. The predicted octanol–water partition coefficient (Wildman–Crippen LogP) is 4.65. The summed E-state index contributed by atoms with van der Waals surface area (Å²) in [6, 6.07) is 16.2. The number of nitrogens with zero attached hydrogens (tertiary/aromatic N) is 1. The van der Waals surface area contributed by atoms with Gasteiger partial charge in [-0.1, -0.05) is 36.4 Å². The van der Waals surface area contributed by atoms with E-state index in [1.54, 1.807) is 0 Å². The van der Waals surface area contributed by atoms with Gasteiger partial charge in [0, 0.05) is 23.7 Å². The maximum atomic E-state index is 14.6. The molecule has 3 heteroatoms. The highest BCUT2D eigenvalue weighted by Gasteiger charge is 2.34. The minimum atomic E-state index is -0.184. The average molecular weight is 323 g/mol. The number of hydrogen-bond acceptors (Lipinski definition) is 2. The van der Waals surface area contributed by atoms with Gasteiger partial charge in [-0.25, -0.2) is 4.39 Å². The van der Waals surface area contributed by atoms with Crippen LogP contribution < -0.4 is 4.74 Å². The summed E-state index contributed by atoms with van der Waals surface area (Å²) in [7, 11) is 2.17. The van der Waals surface area contributed by atoms with Crippen molar-refractivity contribution in [2.75, 3.05) is 7.05 Å². The summed E-state index contributed by atoms with van der Waals surface area (Å²) < 4.78 is 20.3. The van der Waals surface area contributed by atoms with Crippen molar-refractivity contribution in [3.05, 3.63) is 71.6 Å². The van der Waals surface area contributed by atoms with Gasteiger partial charge in [0.1, 0.15) is 18.2 Å². The Hall–Kier alpha value is -2.13. The quantitative estimate of drug-likeness (QED) is 0.812. The number of benzene rings is 2. The van der Waals surface area contributed by atoms with Crippen molar-refractivity contribution in [3.8, 4) is 5.75 Å². The average Bonchev–Trinajstić information content (AvgIpc) is 2.82. The van der Waals surface area contributed by atoms with Crippen LogP contribution in [-0.2, 0) is 6.61 Å². The molecule has 0 aliphatic carbocycles. The Morgan fingerprint density at radius 2 is 1.96 bits per heavy atom. The third kappa shape index (κ3) is 2.96. The first-order valence-electron chi connectivity index (χ1n) is 8.60. The molecule has 4 rings (SSSR count). The van der Waals surface area contributed by atoms with E-state index >= 15 is 0 Å². The first-order valence-corrected chi connectivity index (χ1v) is 8.60. The van der Waals surface area contributed by atoms with Crippen molar-refractivity contribution >= 4 is 5.57 Å². The molecule has 2 aliphatic heterocycles. The molecule has 1 saturated heterocycles. The van der Waals surface area contributed by atoms with Crippen LogP contribution in [0.15, 0.2) is 54.6 Å². The normalized spacial score (nSPS) is 23.2. The summed E-state index contributed by atoms with van der Waals surface area (Å²) in [5.74, 6) is 0.396. The molecule has 2 aromatic rings. The van der Waals surface area contributed by atoms with Crippen molar-refractivity contribution in [2.24, 2.45) is 0 Å². The number of likely N-dealkylation sites (N-methyl/N-ethyl adjacent to an activating group) is 1. The molecule has 0 aromatic heterocycles. The van der Waals surface area contributed by atoms with E-state index in [0.29, 0.717) is 24.4 Å². The van der Waals surface area contributed by atoms with Crippen molar-refractivity contribution in [2.45, 2.75) is 38.0 Å². The van der Waals surface area contributed by atoms with E-state index in [0.717, 1.165) is 23.1 Å². The molecule has 124 valence electrons. The van der Waals surface area contributed by atoms with Crippen LogP contribution in [0, 0.1) is 5.82 Å². The molecule has 2 aliphatic rings. The minimum Gasteiger partial charge on any atom is -0.489 e. The Balaban J connectivity index is 1.49. The number of rotatable bonds is 4. The van der Waals surface area contributed by atoms with E-state index in [1.165, 1.54) is 18.9 Å². The Morgan fingerprint density at radius 1 is 1.12 bits per heavy atom. The second kappa shape index (κ2) is 6.40. The van der Waals surface area contributed by atoms with Gasteiger partial charge in [-0.05, 0) is 49.6 Å². The molecule has 2 aromatic carbocycles. The lowest BCUT2D eigenvalue weighted by Crippen LogP contribution is -2.34. The highest BCUT2D eigenvalue weighted by atomic mass is 19.1. The summed E-state index contributed by atoms with van der Waals surface area (Å²) in [4.78, 5) is 2.42. The molecule has 24 heavy (non-hydrogen) atoms. The van der Waals surface area contributed by atoms with Gasteiger partial charge in [-0.15, -0.1) is 0 Å². The Kier molecular flexibility index (Phi) is 4.11. The predicted molar refractivity (Wildman–Crippen MR) is 94.3 cm³/mol. The standard InChI is InChI=1S/C21H22FNO/c1-23-17-7-8-18(23)12-16(11-17)20-10-9-19(13-21(20)22)24-14-15-5-3-2-4-6-15/h2-6,9-11,13,17-18H,7-8,12,14H2,1H3. The van der Waals surface area contributed by atoms with Crippen LogP contribution in [-0.4, -0.2) is 24.0 Å². The fourth-order valence-corrected chi connectivity index (χ4v) is 3.83. The van der Waals surface area contributed by atoms with E-state index in [1.807, 2.05) is 42.5 Å². The van der Waals surface area contributed by atoms with Crippen LogP contribution in [0.25, 0.3) is 5.57 Å². The van der Waals surface area contributed by atoms with Crippen molar-refractivity contribution in [3.63, 3.8) is 0 Å². The maximum absolute atomic E-state index is 14.6. The van der Waals surface area contributed by atoms with Crippen molar-refractivity contribution in [1.29, 1.82) is 0 Å². The molecule has 2 atom stereocenters. The monoisotopic (exact) mass is 323 g/mol. The SMILES string of the molecule is CN1C2C=C(c3ccc(OCc4ccccc4)cc3F)CC1CC2. The summed E-state index contributed by atoms with van der Waals surface area (Å²) >= 11 is 0. The second-order valence-corrected chi connectivity index (χ2v) is 6.78. The molecular formula is C21H22FNO. The molecule has 2 heterocycles. The van der Waals surface area contributed by atoms with Gasteiger partial charge in [-0.2, -0.15) is 0 Å². The van der Waals surface area contributed by atoms with Crippen molar-refractivity contribution < 1.29 is 9.13 Å². The third-order valence-electron chi connectivity index (χ3n) is 5.28. The zero-order valence-electron chi connectivity index (χ0n) is 13.9. The van der Waals surface area contributed by atoms with Gasteiger partial charge in [0.15, 0.2) is 0 Å². The van der Waals surface area contributed by atoms with E-state index < -0.39 is 0 Å². The lowest BCUT2D eigenvalue weighted by atomic mass is 9.94. The molecule has 0 saturated carbocycles. The van der Waals surface area contributed by atoms with Crippen molar-refractivity contribution in [1.82, 2.24) is 4.90 Å². The molecule has 0 radical (unpaired) electrons. The molecule has 0 spiro atoms. The van der Waals surface area contributed by atoms with Crippen LogP contribution >= 0.6 is 0 Å². The minimum absolute atomic E-state index is 0.184. The van der Waals surface area contributed by atoms with E-state index in [9.17, 15) is 4.39 Å². The number of hydrogen-bond donors (Lipinski definition) is 0. The lowest BCUT2D eigenvalue weighted by Gasteiger charge is -2.30. The lowest BCUT2D eigenvalue weighted by molar-refractivity contribution is 0.264. The first-order chi connectivity index (χ1) is 11.7. The third-order valence-corrected chi connectivity index (χ3v) is 5.28. The van der Waals surface area contributed by atoms with E-state index in [4.69, 9.17) is 4.74 Å². The number of halogens is 1. The summed E-state index contributed by atoms with van der Waals surface area (Å²) in [5, 5.41) is 0. The number of ether oxygens (including phenoxy) is 1. The Labute approximate surface area is 142 Å². The maximum Gasteiger partial charge on any atom is 0.134 e. The first kappa shape index (κ1) is 15.4. The van der Waals surface area contributed by atoms with Gasteiger partial charge >= 0.3 is 0 Å². The summed E-state index contributed by atoms with van der Waals surface area (Å²) in [6.07, 6.45) is 5.58. The molecule has 0 amide bonds. The molecule has 1 fully saturated rings. The zero-order valence-corrected chi connectivity index (χ0v) is 13.9.